The lowest BCUT2D eigenvalue weighted by molar-refractivity contribution is -0.275. The third-order valence-electron chi connectivity index (χ3n) is 2.38. The van der Waals surface area contributed by atoms with Crippen LogP contribution in [0.4, 0.5) is 13.2 Å². The number of aromatic nitrogens is 1. The van der Waals surface area contributed by atoms with Crippen molar-refractivity contribution >= 4 is 17.6 Å². The van der Waals surface area contributed by atoms with E-state index in [1.165, 1.54) is 6.20 Å². The van der Waals surface area contributed by atoms with Crippen molar-refractivity contribution in [3.8, 4) is 11.6 Å². The van der Waals surface area contributed by atoms with E-state index in [0.29, 0.717) is 0 Å². The quantitative estimate of drug-likeness (QED) is 0.594. The van der Waals surface area contributed by atoms with Gasteiger partial charge in [-0.25, -0.2) is 4.98 Å². The Bertz CT molecular complexity index is 508. The number of carbonyl (C=O) groups excluding carboxylic acids is 1. The first-order chi connectivity index (χ1) is 9.82. The van der Waals surface area contributed by atoms with E-state index in [0.717, 1.165) is 7.11 Å². The topological polar surface area (TPSA) is 57.7 Å². The van der Waals surface area contributed by atoms with E-state index in [2.05, 4.69) is 9.72 Å². The summed E-state index contributed by atoms with van der Waals surface area (Å²) in [5, 5.41) is 0. The Labute approximate surface area is 124 Å². The van der Waals surface area contributed by atoms with E-state index in [1.807, 2.05) is 0 Å². The molecule has 1 aromatic heterocycles. The minimum atomic E-state index is -4.96. The summed E-state index contributed by atoms with van der Waals surface area (Å²) < 4.78 is 50.9. The number of carbonyl (C=O) groups is 1. The SMILES string of the molecule is CCOC(=O)Cc1c(CCl)cnc(OC)c1OC(F)(F)F. The normalized spacial score (nSPS) is 11.1. The molecule has 0 spiro atoms. The zero-order valence-electron chi connectivity index (χ0n) is 11.3. The van der Waals surface area contributed by atoms with Crippen LogP contribution in [0.3, 0.4) is 0 Å². The summed E-state index contributed by atoms with van der Waals surface area (Å²) in [7, 11) is 1.14. The van der Waals surface area contributed by atoms with Crippen LogP contribution in [0.25, 0.3) is 0 Å². The van der Waals surface area contributed by atoms with Crippen LogP contribution in [0.5, 0.6) is 11.6 Å². The van der Waals surface area contributed by atoms with Gasteiger partial charge >= 0.3 is 12.3 Å². The molecule has 0 saturated heterocycles. The van der Waals surface area contributed by atoms with Gasteiger partial charge in [0.1, 0.15) is 0 Å². The van der Waals surface area contributed by atoms with Gasteiger partial charge in [0, 0.05) is 17.6 Å². The summed E-state index contributed by atoms with van der Waals surface area (Å²) >= 11 is 5.66. The van der Waals surface area contributed by atoms with Crippen molar-refractivity contribution in [3.63, 3.8) is 0 Å². The Morgan fingerprint density at radius 1 is 1.43 bits per heavy atom. The van der Waals surface area contributed by atoms with Gasteiger partial charge in [-0.1, -0.05) is 0 Å². The van der Waals surface area contributed by atoms with Crippen molar-refractivity contribution in [1.29, 1.82) is 0 Å². The van der Waals surface area contributed by atoms with Crippen LogP contribution < -0.4 is 9.47 Å². The number of alkyl halides is 4. The number of methoxy groups -OCH3 is 1. The molecule has 0 aromatic carbocycles. The monoisotopic (exact) mass is 327 g/mol. The summed E-state index contributed by atoms with van der Waals surface area (Å²) in [4.78, 5) is 15.2. The third-order valence-corrected chi connectivity index (χ3v) is 2.66. The minimum absolute atomic E-state index is 0.0624. The number of esters is 1. The van der Waals surface area contributed by atoms with E-state index in [4.69, 9.17) is 21.1 Å². The van der Waals surface area contributed by atoms with Crippen LogP contribution in [0.1, 0.15) is 18.1 Å². The second kappa shape index (κ2) is 7.35. The fourth-order valence-corrected chi connectivity index (χ4v) is 1.81. The molecule has 0 amide bonds. The molecule has 0 N–H and O–H groups in total. The number of rotatable bonds is 6. The zero-order valence-corrected chi connectivity index (χ0v) is 12.0. The summed E-state index contributed by atoms with van der Waals surface area (Å²) in [6, 6.07) is 0. The molecule has 0 unspecified atom stereocenters. The van der Waals surface area contributed by atoms with Crippen molar-refractivity contribution in [3.05, 3.63) is 17.3 Å². The van der Waals surface area contributed by atoms with Gasteiger partial charge in [0.25, 0.3) is 5.88 Å². The van der Waals surface area contributed by atoms with E-state index in [1.54, 1.807) is 6.92 Å². The Morgan fingerprint density at radius 2 is 2.10 bits per heavy atom. The predicted octanol–water partition coefficient (Wildman–Crippen LogP) is 2.83. The van der Waals surface area contributed by atoms with Crippen LogP contribution in [-0.2, 0) is 21.8 Å². The largest absolute Gasteiger partial charge is 0.573 e. The average molecular weight is 328 g/mol. The molecule has 0 fully saturated rings. The van der Waals surface area contributed by atoms with Crippen molar-refractivity contribution < 1.29 is 32.2 Å². The highest BCUT2D eigenvalue weighted by Gasteiger charge is 2.35. The predicted molar refractivity (Wildman–Crippen MR) is 67.4 cm³/mol. The second-order valence-electron chi connectivity index (χ2n) is 3.76. The first-order valence-electron chi connectivity index (χ1n) is 5.84. The number of hydrogen-bond donors (Lipinski definition) is 0. The number of hydrogen-bond acceptors (Lipinski definition) is 5. The van der Waals surface area contributed by atoms with Crippen LogP contribution in [0.15, 0.2) is 6.20 Å². The Morgan fingerprint density at radius 3 is 2.57 bits per heavy atom. The molecule has 0 aliphatic heterocycles. The first kappa shape index (κ1) is 17.4. The lowest BCUT2D eigenvalue weighted by Crippen LogP contribution is -2.21. The van der Waals surface area contributed by atoms with E-state index < -0.39 is 24.5 Å². The van der Waals surface area contributed by atoms with Gasteiger partial charge < -0.3 is 14.2 Å². The maximum absolute atomic E-state index is 12.5. The highest BCUT2D eigenvalue weighted by Crippen LogP contribution is 2.36. The second-order valence-corrected chi connectivity index (χ2v) is 4.03. The van der Waals surface area contributed by atoms with E-state index in [-0.39, 0.29) is 29.5 Å². The van der Waals surface area contributed by atoms with Crippen LogP contribution >= 0.6 is 11.6 Å². The van der Waals surface area contributed by atoms with Gasteiger partial charge in [0.15, 0.2) is 5.75 Å². The first-order valence-corrected chi connectivity index (χ1v) is 6.37. The summed E-state index contributed by atoms with van der Waals surface area (Å²) in [6.45, 7) is 1.69. The molecule has 0 aliphatic rings. The van der Waals surface area contributed by atoms with Gasteiger partial charge in [-0.3, -0.25) is 4.79 Å². The smallest absolute Gasteiger partial charge is 0.478 e. The molecule has 0 aliphatic carbocycles. The van der Waals surface area contributed by atoms with Gasteiger partial charge in [-0.2, -0.15) is 0 Å². The highest BCUT2D eigenvalue weighted by molar-refractivity contribution is 6.17. The Hall–Kier alpha value is -1.70. The maximum atomic E-state index is 12.5. The highest BCUT2D eigenvalue weighted by atomic mass is 35.5. The Balaban J connectivity index is 3.29. The number of pyridine rings is 1. The average Bonchev–Trinajstić information content (AvgIpc) is 2.39. The fraction of sp³-hybridized carbons (Fsp3) is 0.500. The molecule has 5 nitrogen and oxygen atoms in total. The van der Waals surface area contributed by atoms with Crippen LogP contribution in [0, 0.1) is 0 Å². The van der Waals surface area contributed by atoms with Crippen LogP contribution in [0.2, 0.25) is 0 Å². The molecule has 1 aromatic rings. The summed E-state index contributed by atoms with van der Waals surface area (Å²) in [6.07, 6.45) is -4.16. The van der Waals surface area contributed by atoms with E-state index in [9.17, 15) is 18.0 Å². The van der Waals surface area contributed by atoms with Gasteiger partial charge in [0.2, 0.25) is 0 Å². The number of halogens is 4. The third kappa shape index (κ3) is 4.96. The number of ether oxygens (including phenoxy) is 3. The molecular weight excluding hydrogens is 315 g/mol. The molecule has 118 valence electrons. The van der Waals surface area contributed by atoms with Crippen molar-refractivity contribution in [2.75, 3.05) is 13.7 Å². The summed E-state index contributed by atoms with van der Waals surface area (Å²) in [5.74, 6) is -1.92. The van der Waals surface area contributed by atoms with Crippen molar-refractivity contribution in [1.82, 2.24) is 4.98 Å². The van der Waals surface area contributed by atoms with Crippen molar-refractivity contribution in [2.24, 2.45) is 0 Å². The molecule has 0 radical (unpaired) electrons. The molecule has 0 saturated carbocycles. The molecular formula is C12H13ClF3NO4. The fourth-order valence-electron chi connectivity index (χ4n) is 1.58. The molecule has 21 heavy (non-hydrogen) atoms. The van der Waals surface area contributed by atoms with Gasteiger partial charge in [0.05, 0.1) is 20.1 Å². The molecule has 0 bridgehead atoms. The molecule has 9 heteroatoms. The maximum Gasteiger partial charge on any atom is 0.573 e. The zero-order chi connectivity index (χ0) is 16.0. The van der Waals surface area contributed by atoms with Gasteiger partial charge in [-0.15, -0.1) is 24.8 Å². The van der Waals surface area contributed by atoms with Gasteiger partial charge in [-0.05, 0) is 12.5 Å². The van der Waals surface area contributed by atoms with Crippen molar-refractivity contribution in [2.45, 2.75) is 25.6 Å². The molecule has 1 heterocycles. The number of nitrogens with zero attached hydrogens (tertiary/aromatic N) is 1. The standard InChI is InChI=1S/C12H13ClF3NO4/c1-3-20-9(18)4-8-7(5-13)6-17-11(19-2)10(8)21-12(14,15)16/h6H,3-5H2,1-2H3. The summed E-state index contributed by atoms with van der Waals surface area (Å²) in [5.41, 5.74) is 0.164. The van der Waals surface area contributed by atoms with Crippen LogP contribution in [-0.4, -0.2) is 31.0 Å². The Kier molecular flexibility index (Phi) is 6.07. The molecule has 1 rings (SSSR count). The lowest BCUT2D eigenvalue weighted by atomic mass is 10.1. The molecule has 0 atom stereocenters. The minimum Gasteiger partial charge on any atom is -0.478 e. The lowest BCUT2D eigenvalue weighted by Gasteiger charge is -2.17. The van der Waals surface area contributed by atoms with E-state index >= 15 is 0 Å².